The van der Waals surface area contributed by atoms with Gasteiger partial charge in [0.2, 0.25) is 0 Å². The zero-order chi connectivity index (χ0) is 14.7. The Bertz CT molecular complexity index is 449. The third-order valence-corrected chi connectivity index (χ3v) is 3.03. The number of rotatable bonds is 2. The molecule has 9 heteroatoms. The SMILES string of the molecule is [NH-]N.[NH-]N.[Ni+2].[Ni+2].[O-]c1ccccc1Sc1ccccc1[O-]. The Balaban J connectivity index is -0.000000499. The van der Waals surface area contributed by atoms with Crippen LogP contribution in [0, 0.1) is 0 Å². The molecule has 2 aromatic rings. The molecule has 0 saturated heterocycles. The summed E-state index contributed by atoms with van der Waals surface area (Å²) in [6.07, 6.45) is 0. The van der Waals surface area contributed by atoms with Gasteiger partial charge in [0.25, 0.3) is 0 Å². The van der Waals surface area contributed by atoms with Crippen LogP contribution in [0.4, 0.5) is 0 Å². The van der Waals surface area contributed by atoms with Crippen LogP contribution in [0.15, 0.2) is 58.3 Å². The van der Waals surface area contributed by atoms with E-state index >= 15 is 0 Å². The van der Waals surface area contributed by atoms with E-state index < -0.39 is 0 Å². The molecule has 0 saturated carbocycles. The van der Waals surface area contributed by atoms with Crippen LogP contribution in [0.3, 0.4) is 0 Å². The van der Waals surface area contributed by atoms with E-state index in [0.29, 0.717) is 9.79 Å². The molecular weight excluding hydrogens is 382 g/mol. The van der Waals surface area contributed by atoms with Crippen molar-refractivity contribution in [3.63, 3.8) is 0 Å². The third kappa shape index (κ3) is 8.96. The second-order valence-corrected chi connectivity index (χ2v) is 4.08. The zero-order valence-electron chi connectivity index (χ0n) is 10.6. The molecule has 0 fully saturated rings. The molecular formula is C12H14N4Ni2O2S. The molecule has 0 aromatic heterocycles. The van der Waals surface area contributed by atoms with Crippen LogP contribution in [-0.2, 0) is 33.0 Å². The maximum atomic E-state index is 11.4. The van der Waals surface area contributed by atoms with Crippen LogP contribution < -0.4 is 21.9 Å². The average molecular weight is 396 g/mol. The maximum Gasteiger partial charge on any atom is 2.00 e. The van der Waals surface area contributed by atoms with Crippen molar-refractivity contribution in [1.29, 1.82) is 0 Å². The Labute approximate surface area is 148 Å². The smallest absolute Gasteiger partial charge is 0.872 e. The van der Waals surface area contributed by atoms with Crippen molar-refractivity contribution in [2.24, 2.45) is 11.7 Å². The van der Waals surface area contributed by atoms with E-state index in [1.807, 2.05) is 0 Å². The first-order valence-electron chi connectivity index (χ1n) is 5.05. The Morgan fingerprint density at radius 3 is 1.24 bits per heavy atom. The molecule has 0 amide bonds. The van der Waals surface area contributed by atoms with Gasteiger partial charge in [0.1, 0.15) is 0 Å². The van der Waals surface area contributed by atoms with Crippen molar-refractivity contribution in [3.8, 4) is 11.5 Å². The fraction of sp³-hybridized carbons (Fsp3) is 0. The number of para-hydroxylation sites is 2. The minimum Gasteiger partial charge on any atom is -0.872 e. The molecule has 0 spiro atoms. The van der Waals surface area contributed by atoms with Crippen LogP contribution in [0.1, 0.15) is 0 Å². The molecule has 6 nitrogen and oxygen atoms in total. The van der Waals surface area contributed by atoms with E-state index in [4.69, 9.17) is 11.7 Å². The summed E-state index contributed by atoms with van der Waals surface area (Å²) < 4.78 is 0. The first-order chi connectivity index (χ1) is 9.27. The molecule has 21 heavy (non-hydrogen) atoms. The molecule has 6 N–H and O–H groups in total. The quantitative estimate of drug-likeness (QED) is 0.452. The fourth-order valence-corrected chi connectivity index (χ4v) is 2.05. The minimum atomic E-state index is -0.0502. The second-order valence-electron chi connectivity index (χ2n) is 3.00. The molecule has 2 aromatic carbocycles. The van der Waals surface area contributed by atoms with Gasteiger partial charge in [-0.25, -0.2) is 0 Å². The summed E-state index contributed by atoms with van der Waals surface area (Å²) in [6.45, 7) is 0. The van der Waals surface area contributed by atoms with Crippen molar-refractivity contribution in [3.05, 3.63) is 60.2 Å². The molecule has 0 atom stereocenters. The average Bonchev–Trinajstić information content (AvgIpc) is 2.48. The summed E-state index contributed by atoms with van der Waals surface area (Å²) >= 11 is 1.22. The Hall–Kier alpha value is -0.783. The van der Waals surface area contributed by atoms with Gasteiger partial charge in [0, 0.05) is 9.79 Å². The summed E-state index contributed by atoms with van der Waals surface area (Å²) in [5.74, 6) is 17.9. The van der Waals surface area contributed by atoms with Crippen molar-refractivity contribution in [2.75, 3.05) is 0 Å². The number of benzene rings is 2. The van der Waals surface area contributed by atoms with Crippen molar-refractivity contribution in [1.82, 2.24) is 0 Å². The Kier molecular flexibility index (Phi) is 18.7. The number of nitrogens with one attached hydrogen (secondary N) is 2. The monoisotopic (exact) mass is 394 g/mol. The molecule has 0 radical (unpaired) electrons. The number of hydrogen-bond donors (Lipinski definition) is 2. The van der Waals surface area contributed by atoms with Gasteiger partial charge in [-0.2, -0.15) is 0 Å². The van der Waals surface area contributed by atoms with Gasteiger partial charge in [-0.05, 0) is 12.1 Å². The molecule has 0 bridgehead atoms. The van der Waals surface area contributed by atoms with E-state index in [1.54, 1.807) is 36.4 Å². The summed E-state index contributed by atoms with van der Waals surface area (Å²) in [6, 6.07) is 13.4. The topological polar surface area (TPSA) is 146 Å². The molecule has 2 rings (SSSR count). The summed E-state index contributed by atoms with van der Waals surface area (Å²) in [5, 5.41) is 22.8. The molecule has 0 aliphatic carbocycles. The van der Waals surface area contributed by atoms with E-state index in [-0.39, 0.29) is 44.5 Å². The van der Waals surface area contributed by atoms with E-state index in [9.17, 15) is 10.2 Å². The van der Waals surface area contributed by atoms with Gasteiger partial charge in [0.05, 0.1) is 0 Å². The Morgan fingerprint density at radius 1 is 0.667 bits per heavy atom. The van der Waals surface area contributed by atoms with Crippen molar-refractivity contribution < 1.29 is 43.2 Å². The van der Waals surface area contributed by atoms with Crippen LogP contribution in [-0.4, -0.2) is 0 Å². The zero-order valence-corrected chi connectivity index (χ0v) is 13.4. The minimum absolute atomic E-state index is 0. The third-order valence-electron chi connectivity index (χ3n) is 1.92. The van der Waals surface area contributed by atoms with E-state index in [2.05, 4.69) is 11.7 Å². The van der Waals surface area contributed by atoms with Gasteiger partial charge in [0.15, 0.2) is 0 Å². The molecule has 0 aliphatic rings. The summed E-state index contributed by atoms with van der Waals surface area (Å²) in [7, 11) is 0. The van der Waals surface area contributed by atoms with Crippen molar-refractivity contribution >= 4 is 11.8 Å². The summed E-state index contributed by atoms with van der Waals surface area (Å²) in [4.78, 5) is 1.17. The molecule has 0 aliphatic heterocycles. The number of nitrogens with two attached hydrogens (primary N) is 2. The predicted molar refractivity (Wildman–Crippen MR) is 72.9 cm³/mol. The first kappa shape index (κ1) is 25.2. The maximum absolute atomic E-state index is 11.4. The van der Waals surface area contributed by atoms with Crippen molar-refractivity contribution in [2.45, 2.75) is 9.79 Å². The largest absolute Gasteiger partial charge is 2.00 e. The van der Waals surface area contributed by atoms with Crippen LogP contribution in [0.2, 0.25) is 0 Å². The second kappa shape index (κ2) is 15.6. The van der Waals surface area contributed by atoms with E-state index in [1.165, 1.54) is 23.9 Å². The fourth-order valence-electron chi connectivity index (χ4n) is 1.19. The molecule has 120 valence electrons. The normalized spacial score (nSPS) is 7.81. The van der Waals surface area contributed by atoms with Crippen LogP contribution >= 0.6 is 11.8 Å². The first-order valence-corrected chi connectivity index (χ1v) is 5.87. The van der Waals surface area contributed by atoms with Gasteiger partial charge >= 0.3 is 33.0 Å². The molecule has 0 unspecified atom stereocenters. The molecule has 0 heterocycles. The number of hydrogen-bond acceptors (Lipinski definition) is 5. The summed E-state index contributed by atoms with van der Waals surface area (Å²) in [5.41, 5.74) is 0. The van der Waals surface area contributed by atoms with Crippen LogP contribution in [0.5, 0.6) is 11.5 Å². The standard InChI is InChI=1S/C12H10O2S.2H3N2.2Ni/c13-9-5-1-3-7-11(9)15-12-8-4-2-6-10(12)14;2*1-2;;/h1-8,13-14H;2*1H,2H2;;/q;2*-1;2*+2/p-2. The van der Waals surface area contributed by atoms with Crippen LogP contribution in [0.25, 0.3) is 11.7 Å². The van der Waals surface area contributed by atoms with Gasteiger partial charge in [-0.3, -0.25) is 0 Å². The van der Waals surface area contributed by atoms with Gasteiger partial charge in [-0.15, -0.1) is 0 Å². The van der Waals surface area contributed by atoms with Gasteiger partial charge in [-0.1, -0.05) is 59.7 Å². The predicted octanol–water partition coefficient (Wildman–Crippen LogP) is 1.80. The Morgan fingerprint density at radius 2 is 0.952 bits per heavy atom. The van der Waals surface area contributed by atoms with E-state index in [0.717, 1.165) is 0 Å². The van der Waals surface area contributed by atoms with Gasteiger partial charge < -0.3 is 33.6 Å².